The average Bonchev–Trinajstić information content (AvgIpc) is 2.44. The third-order valence-electron chi connectivity index (χ3n) is 2.92. The van der Waals surface area contributed by atoms with Gasteiger partial charge in [-0.15, -0.1) is 0 Å². The molecule has 3 heteroatoms. The van der Waals surface area contributed by atoms with E-state index in [9.17, 15) is 0 Å². The number of aryl methyl sites for hydroxylation is 1. The molecule has 0 spiro atoms. The summed E-state index contributed by atoms with van der Waals surface area (Å²) in [5.74, 6) is 0.858. The lowest BCUT2D eigenvalue weighted by Crippen LogP contribution is -2.20. The highest BCUT2D eigenvalue weighted by Gasteiger charge is 2.21. The summed E-state index contributed by atoms with van der Waals surface area (Å²) in [6.07, 6.45) is 9.05. The van der Waals surface area contributed by atoms with Gasteiger partial charge in [0.05, 0.1) is 12.0 Å². The van der Waals surface area contributed by atoms with E-state index in [2.05, 4.69) is 4.98 Å². The topological polar surface area (TPSA) is 43.8 Å². The van der Waals surface area contributed by atoms with Gasteiger partial charge in [0, 0.05) is 19.3 Å². The van der Waals surface area contributed by atoms with Gasteiger partial charge in [0.2, 0.25) is 0 Å². The predicted molar refractivity (Wildman–Crippen MR) is 52.1 cm³/mol. The molecular weight excluding hydrogens is 162 g/mol. The van der Waals surface area contributed by atoms with Crippen molar-refractivity contribution in [1.82, 2.24) is 9.55 Å². The van der Waals surface area contributed by atoms with Gasteiger partial charge in [0.1, 0.15) is 0 Å². The maximum absolute atomic E-state index is 6.04. The summed E-state index contributed by atoms with van der Waals surface area (Å²) in [5, 5.41) is 0. The van der Waals surface area contributed by atoms with Crippen LogP contribution in [-0.2, 0) is 7.05 Å². The van der Waals surface area contributed by atoms with Crippen LogP contribution in [-0.4, -0.2) is 9.55 Å². The van der Waals surface area contributed by atoms with Crippen molar-refractivity contribution in [3.8, 4) is 0 Å². The normalized spacial score (nSPS) is 19.8. The third kappa shape index (κ3) is 1.91. The van der Waals surface area contributed by atoms with Gasteiger partial charge in [-0.05, 0) is 12.3 Å². The van der Waals surface area contributed by atoms with E-state index in [4.69, 9.17) is 5.73 Å². The Kier molecular flexibility index (Phi) is 2.36. The van der Waals surface area contributed by atoms with Crippen molar-refractivity contribution in [2.45, 2.75) is 31.7 Å². The molecule has 1 aliphatic rings. The molecule has 0 aromatic carbocycles. The molecule has 1 aromatic heterocycles. The third-order valence-corrected chi connectivity index (χ3v) is 2.92. The minimum Gasteiger partial charge on any atom is -0.340 e. The second-order valence-electron chi connectivity index (χ2n) is 4.10. The second kappa shape index (κ2) is 3.50. The van der Waals surface area contributed by atoms with E-state index in [1.54, 1.807) is 0 Å². The van der Waals surface area contributed by atoms with Gasteiger partial charge >= 0.3 is 0 Å². The highest BCUT2D eigenvalue weighted by Crippen LogP contribution is 2.33. The van der Waals surface area contributed by atoms with E-state index in [1.165, 1.54) is 19.3 Å². The fourth-order valence-corrected chi connectivity index (χ4v) is 1.83. The lowest BCUT2D eigenvalue weighted by atomic mass is 9.80. The number of rotatable bonds is 3. The number of nitrogens with zero attached hydrogens (tertiary/aromatic N) is 2. The summed E-state index contributed by atoms with van der Waals surface area (Å²) in [5.41, 5.74) is 7.08. The Balaban J connectivity index is 1.92. The number of hydrogen-bond donors (Lipinski definition) is 1. The molecule has 2 N–H and O–H groups in total. The summed E-state index contributed by atoms with van der Waals surface area (Å²) < 4.78 is 1.95. The Morgan fingerprint density at radius 3 is 2.92 bits per heavy atom. The standard InChI is InChI=1S/C10H17N3/c1-13-6-10(12-7-13)9(11)5-8-3-2-4-8/h6-9H,2-5,11H2,1H3. The van der Waals surface area contributed by atoms with E-state index >= 15 is 0 Å². The first-order valence-corrected chi connectivity index (χ1v) is 4.99. The minimum atomic E-state index is 0.145. The average molecular weight is 179 g/mol. The van der Waals surface area contributed by atoms with Crippen molar-refractivity contribution in [2.24, 2.45) is 18.7 Å². The van der Waals surface area contributed by atoms with Gasteiger partial charge in [-0.2, -0.15) is 0 Å². The van der Waals surface area contributed by atoms with Crippen molar-refractivity contribution < 1.29 is 0 Å². The van der Waals surface area contributed by atoms with E-state index in [1.807, 2.05) is 24.1 Å². The lowest BCUT2D eigenvalue weighted by Gasteiger charge is -2.27. The molecule has 0 saturated heterocycles. The second-order valence-corrected chi connectivity index (χ2v) is 4.10. The number of nitrogens with two attached hydrogens (primary N) is 1. The summed E-state index contributed by atoms with van der Waals surface area (Å²) >= 11 is 0. The molecule has 2 rings (SSSR count). The van der Waals surface area contributed by atoms with Crippen molar-refractivity contribution in [2.75, 3.05) is 0 Å². The maximum Gasteiger partial charge on any atom is 0.0947 e. The van der Waals surface area contributed by atoms with Crippen LogP contribution in [0.15, 0.2) is 12.5 Å². The van der Waals surface area contributed by atoms with Crippen LogP contribution >= 0.6 is 0 Å². The van der Waals surface area contributed by atoms with Gasteiger partial charge in [-0.3, -0.25) is 0 Å². The summed E-state index contributed by atoms with van der Waals surface area (Å²) in [7, 11) is 1.98. The fraction of sp³-hybridized carbons (Fsp3) is 0.700. The molecule has 0 amide bonds. The molecule has 1 aromatic rings. The summed E-state index contributed by atoms with van der Waals surface area (Å²) in [6.45, 7) is 0. The summed E-state index contributed by atoms with van der Waals surface area (Å²) in [6, 6.07) is 0.145. The summed E-state index contributed by atoms with van der Waals surface area (Å²) in [4.78, 5) is 4.27. The minimum absolute atomic E-state index is 0.145. The quantitative estimate of drug-likeness (QED) is 0.766. The predicted octanol–water partition coefficient (Wildman–Crippen LogP) is 1.61. The first-order valence-electron chi connectivity index (χ1n) is 4.99. The number of imidazole rings is 1. The van der Waals surface area contributed by atoms with Crippen molar-refractivity contribution in [3.05, 3.63) is 18.2 Å². The van der Waals surface area contributed by atoms with Gasteiger partial charge < -0.3 is 10.3 Å². The Morgan fingerprint density at radius 2 is 2.46 bits per heavy atom. The lowest BCUT2D eigenvalue weighted by molar-refractivity contribution is 0.276. The van der Waals surface area contributed by atoms with Crippen LogP contribution < -0.4 is 5.73 Å². The Morgan fingerprint density at radius 1 is 1.69 bits per heavy atom. The largest absolute Gasteiger partial charge is 0.340 e. The van der Waals surface area contributed by atoms with E-state index in [0.717, 1.165) is 18.0 Å². The molecule has 1 unspecified atom stereocenters. The number of aromatic nitrogens is 2. The van der Waals surface area contributed by atoms with Crippen LogP contribution in [0.5, 0.6) is 0 Å². The monoisotopic (exact) mass is 179 g/mol. The molecule has 1 atom stereocenters. The first kappa shape index (κ1) is 8.75. The molecule has 3 nitrogen and oxygen atoms in total. The van der Waals surface area contributed by atoms with Crippen molar-refractivity contribution >= 4 is 0 Å². The Labute approximate surface area is 79.0 Å². The number of hydrogen-bond acceptors (Lipinski definition) is 2. The van der Waals surface area contributed by atoms with Crippen LogP contribution in [0.4, 0.5) is 0 Å². The SMILES string of the molecule is Cn1cnc(C(N)CC2CCC2)c1. The molecule has 72 valence electrons. The zero-order valence-corrected chi connectivity index (χ0v) is 8.11. The smallest absolute Gasteiger partial charge is 0.0947 e. The van der Waals surface area contributed by atoms with Gasteiger partial charge in [0.15, 0.2) is 0 Å². The molecular formula is C10H17N3. The molecule has 1 heterocycles. The van der Waals surface area contributed by atoms with Gasteiger partial charge in [0.25, 0.3) is 0 Å². The van der Waals surface area contributed by atoms with Crippen LogP contribution in [0.25, 0.3) is 0 Å². The zero-order valence-electron chi connectivity index (χ0n) is 8.11. The molecule has 13 heavy (non-hydrogen) atoms. The maximum atomic E-state index is 6.04. The van der Waals surface area contributed by atoms with E-state index < -0.39 is 0 Å². The molecule has 0 radical (unpaired) electrons. The van der Waals surface area contributed by atoms with Gasteiger partial charge in [-0.1, -0.05) is 19.3 Å². The molecule has 1 aliphatic carbocycles. The van der Waals surface area contributed by atoms with Crippen LogP contribution in [0.1, 0.15) is 37.4 Å². The van der Waals surface area contributed by atoms with Crippen molar-refractivity contribution in [1.29, 1.82) is 0 Å². The molecule has 1 fully saturated rings. The van der Waals surface area contributed by atoms with Crippen LogP contribution in [0.2, 0.25) is 0 Å². The fourth-order valence-electron chi connectivity index (χ4n) is 1.83. The molecule has 1 saturated carbocycles. The molecule has 0 bridgehead atoms. The van der Waals surface area contributed by atoms with Gasteiger partial charge in [-0.25, -0.2) is 4.98 Å². The first-order chi connectivity index (χ1) is 6.25. The highest BCUT2D eigenvalue weighted by molar-refractivity contribution is 5.03. The Bertz CT molecular complexity index is 275. The van der Waals surface area contributed by atoms with E-state index in [0.29, 0.717) is 0 Å². The van der Waals surface area contributed by atoms with Crippen molar-refractivity contribution in [3.63, 3.8) is 0 Å². The highest BCUT2D eigenvalue weighted by atomic mass is 15.0. The molecule has 0 aliphatic heterocycles. The van der Waals surface area contributed by atoms with Crippen LogP contribution in [0.3, 0.4) is 0 Å². The van der Waals surface area contributed by atoms with Crippen LogP contribution in [0, 0.1) is 5.92 Å². The Hall–Kier alpha value is -0.830. The van der Waals surface area contributed by atoms with E-state index in [-0.39, 0.29) is 6.04 Å². The zero-order chi connectivity index (χ0) is 9.26.